The highest BCUT2D eigenvalue weighted by Crippen LogP contribution is 2.12. The van der Waals surface area contributed by atoms with Crippen molar-refractivity contribution in [2.75, 3.05) is 5.75 Å². The van der Waals surface area contributed by atoms with Crippen molar-refractivity contribution in [1.82, 2.24) is 0 Å². The van der Waals surface area contributed by atoms with Crippen LogP contribution in [0.4, 0.5) is 0 Å². The van der Waals surface area contributed by atoms with Gasteiger partial charge in [-0.3, -0.25) is 4.79 Å². The molecular weight excluding hydrogens is 230 g/mol. The van der Waals surface area contributed by atoms with Gasteiger partial charge >= 0.3 is 5.97 Å². The molecule has 5 nitrogen and oxygen atoms in total. The van der Waals surface area contributed by atoms with Gasteiger partial charge in [0.1, 0.15) is 6.04 Å². The van der Waals surface area contributed by atoms with Crippen LogP contribution >= 0.6 is 0 Å². The van der Waals surface area contributed by atoms with Crippen LogP contribution in [0.15, 0.2) is 29.2 Å². The topological polar surface area (TPSA) is 97.5 Å². The number of nitrogens with two attached hydrogens (primary N) is 1. The largest absolute Gasteiger partial charge is 0.480 e. The van der Waals surface area contributed by atoms with Crippen LogP contribution in [0.25, 0.3) is 0 Å². The summed E-state index contributed by atoms with van der Waals surface area (Å²) < 4.78 is 23.4. The van der Waals surface area contributed by atoms with Crippen molar-refractivity contribution in [2.24, 2.45) is 5.73 Å². The highest BCUT2D eigenvalue weighted by Gasteiger charge is 2.22. The Morgan fingerprint density at radius 3 is 2.31 bits per heavy atom. The van der Waals surface area contributed by atoms with Gasteiger partial charge in [-0.1, -0.05) is 17.7 Å². The fourth-order valence-electron chi connectivity index (χ4n) is 1.15. The molecule has 0 amide bonds. The molecule has 1 unspecified atom stereocenters. The molecule has 0 bridgehead atoms. The molecule has 0 spiro atoms. The molecule has 0 heterocycles. The molecule has 0 radical (unpaired) electrons. The number of carbonyl (C=O) groups is 1. The average Bonchev–Trinajstić information content (AvgIpc) is 2.17. The van der Waals surface area contributed by atoms with Crippen LogP contribution < -0.4 is 5.73 Å². The quantitative estimate of drug-likeness (QED) is 0.786. The zero-order chi connectivity index (χ0) is 12.3. The van der Waals surface area contributed by atoms with Crippen molar-refractivity contribution in [3.63, 3.8) is 0 Å². The van der Waals surface area contributed by atoms with Gasteiger partial charge in [0.25, 0.3) is 0 Å². The molecule has 0 saturated heterocycles. The van der Waals surface area contributed by atoms with E-state index < -0.39 is 27.6 Å². The Labute approximate surface area is 93.8 Å². The second kappa shape index (κ2) is 4.63. The van der Waals surface area contributed by atoms with E-state index in [9.17, 15) is 13.2 Å². The summed E-state index contributed by atoms with van der Waals surface area (Å²) in [5, 5.41) is 8.55. The van der Waals surface area contributed by atoms with E-state index in [1.165, 1.54) is 12.1 Å². The number of aryl methyl sites for hydroxylation is 1. The zero-order valence-corrected chi connectivity index (χ0v) is 9.57. The van der Waals surface area contributed by atoms with Crippen molar-refractivity contribution in [1.29, 1.82) is 0 Å². The van der Waals surface area contributed by atoms with Crippen LogP contribution in [0.1, 0.15) is 5.56 Å². The number of benzene rings is 1. The zero-order valence-electron chi connectivity index (χ0n) is 8.75. The first-order chi connectivity index (χ1) is 7.33. The van der Waals surface area contributed by atoms with Gasteiger partial charge in [0.15, 0.2) is 9.84 Å². The summed E-state index contributed by atoms with van der Waals surface area (Å²) in [6, 6.07) is 4.79. The average molecular weight is 243 g/mol. The minimum atomic E-state index is -3.63. The van der Waals surface area contributed by atoms with E-state index in [0.717, 1.165) is 5.56 Å². The molecule has 1 atom stereocenters. The minimum absolute atomic E-state index is 0.0924. The molecule has 1 rings (SSSR count). The smallest absolute Gasteiger partial charge is 0.321 e. The first-order valence-electron chi connectivity index (χ1n) is 4.61. The van der Waals surface area contributed by atoms with Gasteiger partial charge in [-0.25, -0.2) is 8.42 Å². The highest BCUT2D eigenvalue weighted by molar-refractivity contribution is 7.91. The predicted octanol–water partition coefficient (Wildman–Crippen LogP) is 0.181. The first kappa shape index (κ1) is 12.7. The van der Waals surface area contributed by atoms with Crippen molar-refractivity contribution < 1.29 is 18.3 Å². The van der Waals surface area contributed by atoms with Crippen LogP contribution in [0, 0.1) is 6.92 Å². The maximum Gasteiger partial charge on any atom is 0.321 e. The predicted molar refractivity (Wildman–Crippen MR) is 58.8 cm³/mol. The molecule has 0 saturated carbocycles. The van der Waals surface area contributed by atoms with Crippen LogP contribution in [0.3, 0.4) is 0 Å². The molecule has 6 heteroatoms. The van der Waals surface area contributed by atoms with Gasteiger partial charge in [0.05, 0.1) is 10.6 Å². The lowest BCUT2D eigenvalue weighted by molar-refractivity contribution is -0.137. The summed E-state index contributed by atoms with van der Waals surface area (Å²) in [5.74, 6) is -1.92. The summed E-state index contributed by atoms with van der Waals surface area (Å²) in [6.07, 6.45) is 0. The van der Waals surface area contributed by atoms with Gasteiger partial charge in [-0.2, -0.15) is 0 Å². The summed E-state index contributed by atoms with van der Waals surface area (Å²) >= 11 is 0. The first-order valence-corrected chi connectivity index (χ1v) is 6.26. The molecule has 0 aliphatic carbocycles. The Morgan fingerprint density at radius 1 is 1.38 bits per heavy atom. The Balaban J connectivity index is 2.94. The number of hydrogen-bond donors (Lipinski definition) is 2. The van der Waals surface area contributed by atoms with E-state index in [4.69, 9.17) is 10.8 Å². The third kappa shape index (κ3) is 3.04. The minimum Gasteiger partial charge on any atom is -0.480 e. The van der Waals surface area contributed by atoms with Crippen molar-refractivity contribution in [3.05, 3.63) is 29.8 Å². The van der Waals surface area contributed by atoms with Gasteiger partial charge in [-0.05, 0) is 19.1 Å². The normalized spacial score (nSPS) is 13.4. The molecule has 0 aliphatic heterocycles. The second-order valence-corrected chi connectivity index (χ2v) is 5.57. The molecule has 0 aliphatic rings. The van der Waals surface area contributed by atoms with Crippen LogP contribution in [0.5, 0.6) is 0 Å². The summed E-state index contributed by atoms with van der Waals surface area (Å²) in [4.78, 5) is 10.6. The van der Waals surface area contributed by atoms with Crippen molar-refractivity contribution >= 4 is 15.8 Å². The van der Waals surface area contributed by atoms with Crippen LogP contribution in [0.2, 0.25) is 0 Å². The molecule has 16 heavy (non-hydrogen) atoms. The lowest BCUT2D eigenvalue weighted by Crippen LogP contribution is -2.37. The maximum absolute atomic E-state index is 11.7. The lowest BCUT2D eigenvalue weighted by Gasteiger charge is -2.07. The molecule has 0 aromatic heterocycles. The van der Waals surface area contributed by atoms with Crippen LogP contribution in [-0.4, -0.2) is 31.3 Å². The summed E-state index contributed by atoms with van der Waals surface area (Å²) in [6.45, 7) is 1.83. The number of rotatable bonds is 4. The van der Waals surface area contributed by atoms with Gasteiger partial charge in [-0.15, -0.1) is 0 Å². The van der Waals surface area contributed by atoms with E-state index in [0.29, 0.717) is 0 Å². The monoisotopic (exact) mass is 243 g/mol. The third-order valence-corrected chi connectivity index (χ3v) is 3.88. The summed E-state index contributed by atoms with van der Waals surface area (Å²) in [7, 11) is -3.63. The van der Waals surface area contributed by atoms with Gasteiger partial charge in [0.2, 0.25) is 0 Å². The van der Waals surface area contributed by atoms with Gasteiger partial charge < -0.3 is 10.8 Å². The van der Waals surface area contributed by atoms with E-state index in [2.05, 4.69) is 0 Å². The second-order valence-electron chi connectivity index (χ2n) is 3.54. The lowest BCUT2D eigenvalue weighted by atomic mass is 10.2. The Morgan fingerprint density at radius 2 is 1.88 bits per heavy atom. The fourth-order valence-corrected chi connectivity index (χ4v) is 2.51. The molecule has 3 N–H and O–H groups in total. The number of hydrogen-bond acceptors (Lipinski definition) is 4. The molecule has 1 aromatic rings. The number of sulfone groups is 1. The number of aliphatic carboxylic acids is 1. The molecular formula is C10H13NO4S. The Kier molecular flexibility index (Phi) is 3.66. The molecule has 0 fully saturated rings. The van der Waals surface area contributed by atoms with E-state index in [1.54, 1.807) is 12.1 Å². The fraction of sp³-hybridized carbons (Fsp3) is 0.300. The molecule has 88 valence electrons. The van der Waals surface area contributed by atoms with E-state index in [1.807, 2.05) is 6.92 Å². The molecule has 1 aromatic carbocycles. The van der Waals surface area contributed by atoms with Gasteiger partial charge in [0, 0.05) is 0 Å². The maximum atomic E-state index is 11.7. The third-order valence-electron chi connectivity index (χ3n) is 2.10. The SMILES string of the molecule is Cc1ccc(S(=O)(=O)CC(N)C(=O)O)cc1. The van der Waals surface area contributed by atoms with Crippen molar-refractivity contribution in [2.45, 2.75) is 17.9 Å². The highest BCUT2D eigenvalue weighted by atomic mass is 32.2. The number of carboxylic acid groups (broad SMARTS) is 1. The van der Waals surface area contributed by atoms with Crippen molar-refractivity contribution in [3.8, 4) is 0 Å². The summed E-state index contributed by atoms with van der Waals surface area (Å²) in [5.41, 5.74) is 6.12. The van der Waals surface area contributed by atoms with E-state index in [-0.39, 0.29) is 4.90 Å². The standard InChI is InChI=1S/C10H13NO4S/c1-7-2-4-8(5-3-7)16(14,15)6-9(11)10(12)13/h2-5,9H,6,11H2,1H3,(H,12,13). The Hall–Kier alpha value is -1.40. The van der Waals surface area contributed by atoms with E-state index >= 15 is 0 Å². The van der Waals surface area contributed by atoms with Crippen LogP contribution in [-0.2, 0) is 14.6 Å². The number of carboxylic acids is 1. The Bertz CT molecular complexity index is 478.